The number of aliphatic hydroxyl groups excluding tert-OH is 1. The minimum Gasteiger partial charge on any atom is -0.394 e. The van der Waals surface area contributed by atoms with Crippen molar-refractivity contribution in [3.8, 4) is 0 Å². The summed E-state index contributed by atoms with van der Waals surface area (Å²) in [4.78, 5) is 4.38. The smallest absolute Gasteiger partial charge is 0.141 e. The van der Waals surface area contributed by atoms with Gasteiger partial charge in [-0.05, 0) is 53.2 Å². The number of halogens is 1. The fraction of sp³-hybridized carbons (Fsp3) is 0.643. The molecule has 2 atom stereocenters. The Morgan fingerprint density at radius 2 is 2.39 bits per heavy atom. The Hall–Kier alpha value is -0.610. The van der Waals surface area contributed by atoms with Gasteiger partial charge >= 0.3 is 0 Å². The molecule has 0 amide bonds. The SMILES string of the molecule is Cc1ccnc(NC2(CO)CCCC(C)C2)c1Br. The summed E-state index contributed by atoms with van der Waals surface area (Å²) in [5.74, 6) is 1.50. The van der Waals surface area contributed by atoms with Gasteiger partial charge in [0.1, 0.15) is 5.82 Å². The van der Waals surface area contributed by atoms with Crippen LogP contribution in [-0.4, -0.2) is 22.2 Å². The van der Waals surface area contributed by atoms with Gasteiger partial charge < -0.3 is 10.4 Å². The summed E-state index contributed by atoms with van der Waals surface area (Å²) in [5, 5.41) is 13.3. The lowest BCUT2D eigenvalue weighted by molar-refractivity contribution is 0.149. The lowest BCUT2D eigenvalue weighted by Crippen LogP contribution is -2.46. The Balaban J connectivity index is 2.22. The molecule has 0 aromatic carbocycles. The lowest BCUT2D eigenvalue weighted by atomic mass is 9.77. The van der Waals surface area contributed by atoms with E-state index in [-0.39, 0.29) is 12.1 Å². The number of rotatable bonds is 3. The van der Waals surface area contributed by atoms with Crippen LogP contribution < -0.4 is 5.32 Å². The van der Waals surface area contributed by atoms with E-state index in [2.05, 4.69) is 33.2 Å². The number of nitrogens with zero attached hydrogens (tertiary/aromatic N) is 1. The highest BCUT2D eigenvalue weighted by Crippen LogP contribution is 2.36. The molecule has 0 saturated heterocycles. The van der Waals surface area contributed by atoms with E-state index >= 15 is 0 Å². The van der Waals surface area contributed by atoms with Gasteiger partial charge in [0.25, 0.3) is 0 Å². The van der Waals surface area contributed by atoms with Crippen molar-refractivity contribution in [2.45, 2.75) is 45.1 Å². The Morgan fingerprint density at radius 3 is 3.06 bits per heavy atom. The summed E-state index contributed by atoms with van der Waals surface area (Å²) in [7, 11) is 0. The van der Waals surface area contributed by atoms with Crippen LogP contribution in [0.2, 0.25) is 0 Å². The van der Waals surface area contributed by atoms with Crippen LogP contribution in [0.15, 0.2) is 16.7 Å². The predicted molar refractivity (Wildman–Crippen MR) is 77.7 cm³/mol. The molecule has 0 spiro atoms. The molecule has 3 nitrogen and oxygen atoms in total. The second-order valence-electron chi connectivity index (χ2n) is 5.56. The van der Waals surface area contributed by atoms with Crippen LogP contribution in [-0.2, 0) is 0 Å². The summed E-state index contributed by atoms with van der Waals surface area (Å²) < 4.78 is 0.996. The minimum absolute atomic E-state index is 0.166. The van der Waals surface area contributed by atoms with Crippen molar-refractivity contribution in [1.29, 1.82) is 0 Å². The molecule has 1 heterocycles. The van der Waals surface area contributed by atoms with Crippen LogP contribution in [0.1, 0.15) is 38.2 Å². The average Bonchev–Trinajstić information content (AvgIpc) is 2.35. The van der Waals surface area contributed by atoms with Gasteiger partial charge in [0.05, 0.1) is 16.6 Å². The second kappa shape index (κ2) is 5.57. The molecule has 0 aliphatic heterocycles. The standard InChI is InChI=1S/C14H21BrN2O/c1-10-4-3-6-14(8-10,9-18)17-13-12(15)11(2)5-7-16-13/h5,7,10,18H,3-4,6,8-9H2,1-2H3,(H,16,17). The van der Waals surface area contributed by atoms with Crippen molar-refractivity contribution in [2.24, 2.45) is 5.92 Å². The summed E-state index contributed by atoms with van der Waals surface area (Å²) in [6, 6.07) is 1.98. The first-order valence-corrected chi connectivity index (χ1v) is 7.36. The van der Waals surface area contributed by atoms with Crippen molar-refractivity contribution in [2.75, 3.05) is 11.9 Å². The summed E-state index contributed by atoms with van der Waals surface area (Å²) >= 11 is 3.57. The molecule has 2 unspecified atom stereocenters. The monoisotopic (exact) mass is 312 g/mol. The van der Waals surface area contributed by atoms with Gasteiger partial charge in [0.2, 0.25) is 0 Å². The second-order valence-corrected chi connectivity index (χ2v) is 6.35. The van der Waals surface area contributed by atoms with E-state index in [1.54, 1.807) is 6.20 Å². The van der Waals surface area contributed by atoms with Crippen LogP contribution in [0.5, 0.6) is 0 Å². The molecule has 1 fully saturated rings. The molecule has 0 bridgehead atoms. The van der Waals surface area contributed by atoms with E-state index in [4.69, 9.17) is 0 Å². The topological polar surface area (TPSA) is 45.2 Å². The Morgan fingerprint density at radius 1 is 1.61 bits per heavy atom. The van der Waals surface area contributed by atoms with E-state index in [0.29, 0.717) is 5.92 Å². The maximum Gasteiger partial charge on any atom is 0.141 e. The van der Waals surface area contributed by atoms with E-state index in [0.717, 1.165) is 35.1 Å². The van der Waals surface area contributed by atoms with Crippen LogP contribution >= 0.6 is 15.9 Å². The molecule has 1 aromatic heterocycles. The number of hydrogen-bond donors (Lipinski definition) is 2. The van der Waals surface area contributed by atoms with Gasteiger partial charge in [0.15, 0.2) is 0 Å². The first kappa shape index (κ1) is 13.8. The van der Waals surface area contributed by atoms with Crippen LogP contribution in [0.3, 0.4) is 0 Å². The fourth-order valence-corrected chi connectivity index (χ4v) is 3.17. The zero-order valence-electron chi connectivity index (χ0n) is 11.0. The number of aryl methyl sites for hydroxylation is 1. The van der Waals surface area contributed by atoms with E-state index in [1.165, 1.54) is 6.42 Å². The molecular formula is C14H21BrN2O. The molecule has 18 heavy (non-hydrogen) atoms. The third-order valence-corrected chi connectivity index (χ3v) is 4.86. The van der Waals surface area contributed by atoms with Gasteiger partial charge in [-0.15, -0.1) is 0 Å². The average molecular weight is 313 g/mol. The Bertz CT molecular complexity index is 424. The van der Waals surface area contributed by atoms with Crippen LogP contribution in [0, 0.1) is 12.8 Å². The maximum absolute atomic E-state index is 9.78. The van der Waals surface area contributed by atoms with Gasteiger partial charge in [0, 0.05) is 6.20 Å². The van der Waals surface area contributed by atoms with E-state index in [1.807, 2.05) is 13.0 Å². The molecule has 1 saturated carbocycles. The quantitative estimate of drug-likeness (QED) is 0.897. The number of aromatic nitrogens is 1. The van der Waals surface area contributed by atoms with E-state index < -0.39 is 0 Å². The highest BCUT2D eigenvalue weighted by Gasteiger charge is 2.35. The molecule has 1 aliphatic rings. The summed E-state index contributed by atoms with van der Waals surface area (Å²) in [6.07, 6.45) is 6.24. The minimum atomic E-state index is -0.207. The number of anilines is 1. The third kappa shape index (κ3) is 2.86. The van der Waals surface area contributed by atoms with Crippen molar-refractivity contribution in [3.05, 3.63) is 22.3 Å². The van der Waals surface area contributed by atoms with E-state index in [9.17, 15) is 5.11 Å². The molecule has 100 valence electrons. The van der Waals surface area contributed by atoms with Gasteiger partial charge in [-0.1, -0.05) is 19.8 Å². The number of pyridine rings is 1. The first-order valence-electron chi connectivity index (χ1n) is 6.56. The molecule has 1 aromatic rings. The summed E-state index contributed by atoms with van der Waals surface area (Å²) in [6.45, 7) is 4.47. The molecule has 2 rings (SSSR count). The molecular weight excluding hydrogens is 292 g/mol. The van der Waals surface area contributed by atoms with Crippen molar-refractivity contribution >= 4 is 21.7 Å². The highest BCUT2D eigenvalue weighted by molar-refractivity contribution is 9.10. The number of nitrogens with one attached hydrogen (secondary N) is 1. The Labute approximate surface area is 117 Å². The molecule has 4 heteroatoms. The van der Waals surface area contributed by atoms with Crippen molar-refractivity contribution in [3.63, 3.8) is 0 Å². The molecule has 1 aliphatic carbocycles. The lowest BCUT2D eigenvalue weighted by Gasteiger charge is -2.40. The first-order chi connectivity index (χ1) is 8.56. The maximum atomic E-state index is 9.78. The number of aliphatic hydroxyl groups is 1. The Kier molecular flexibility index (Phi) is 4.28. The largest absolute Gasteiger partial charge is 0.394 e. The molecule has 2 N–H and O–H groups in total. The van der Waals surface area contributed by atoms with Gasteiger partial charge in [-0.2, -0.15) is 0 Å². The molecule has 0 radical (unpaired) electrons. The van der Waals surface area contributed by atoms with Crippen molar-refractivity contribution in [1.82, 2.24) is 4.98 Å². The third-order valence-electron chi connectivity index (χ3n) is 3.86. The van der Waals surface area contributed by atoms with Gasteiger partial charge in [-0.3, -0.25) is 0 Å². The highest BCUT2D eigenvalue weighted by atomic mass is 79.9. The summed E-state index contributed by atoms with van der Waals surface area (Å²) in [5.41, 5.74) is 0.950. The van der Waals surface area contributed by atoms with Crippen molar-refractivity contribution < 1.29 is 5.11 Å². The zero-order chi connectivity index (χ0) is 13.2. The number of hydrogen-bond acceptors (Lipinski definition) is 3. The van der Waals surface area contributed by atoms with Crippen LogP contribution in [0.25, 0.3) is 0 Å². The van der Waals surface area contributed by atoms with Gasteiger partial charge in [-0.25, -0.2) is 4.98 Å². The normalized spacial score (nSPS) is 28.1. The predicted octanol–water partition coefficient (Wildman–Crippen LogP) is 3.51. The zero-order valence-corrected chi connectivity index (χ0v) is 12.6. The fourth-order valence-electron chi connectivity index (χ4n) is 2.84. The van der Waals surface area contributed by atoms with Crippen LogP contribution in [0.4, 0.5) is 5.82 Å².